The number of alkyl carbamates (subject to hydrolysis) is 2. The predicted molar refractivity (Wildman–Crippen MR) is 435 cm³/mol. The first-order chi connectivity index (χ1) is 56.1. The number of aliphatic hydroxyl groups is 5. The Bertz CT molecular complexity index is 4330. The van der Waals surface area contributed by atoms with E-state index >= 15 is 0 Å². The Kier molecular flexibility index (Phi) is 25.4. The first-order valence-corrected chi connectivity index (χ1v) is 42.4. The molecule has 4 bridgehead atoms. The number of hydrogen-bond donors (Lipinski definition) is 7. The molecule has 5 aliphatic heterocycles. The summed E-state index contributed by atoms with van der Waals surface area (Å²) in [4.78, 5) is 112. The fourth-order valence-electron chi connectivity index (χ4n) is 21.8. The highest BCUT2D eigenvalue weighted by atomic mass is 16.7. The largest absolute Gasteiger partial charge is 0.456 e. The monoisotopic (exact) mass is 1700 g/mol. The van der Waals surface area contributed by atoms with E-state index in [2.05, 4.69) is 22.1 Å². The minimum Gasteiger partial charge on any atom is -0.456 e. The lowest BCUT2D eigenvalue weighted by Crippen LogP contribution is -2.79. The Balaban J connectivity index is 0.000000222. The smallest absolute Gasteiger partial charge is 0.407 e. The molecule has 11 aliphatic rings. The second kappa shape index (κ2) is 33.1. The molecule has 7 N–H and O–H groups in total. The molecule has 0 aromatic heterocycles. The number of carbonyl (C=O) groups excluding carboxylic acids is 8. The average Bonchev–Trinajstić information content (AvgIpc) is 1.65. The minimum atomic E-state index is -2.07. The van der Waals surface area contributed by atoms with Gasteiger partial charge in [-0.25, -0.2) is 28.8 Å². The van der Waals surface area contributed by atoms with Crippen LogP contribution in [-0.4, -0.2) is 249 Å². The highest BCUT2D eigenvalue weighted by Crippen LogP contribution is 2.70. The van der Waals surface area contributed by atoms with E-state index in [1.54, 1.807) is 158 Å². The zero-order chi connectivity index (χ0) is 89.2. The number of amides is 2. The van der Waals surface area contributed by atoms with Crippen LogP contribution in [0.25, 0.3) is 0 Å². The third kappa shape index (κ3) is 16.9. The van der Waals surface area contributed by atoms with Gasteiger partial charge < -0.3 is 102 Å². The molecule has 30 nitrogen and oxygen atoms in total. The molecule has 0 spiro atoms. The van der Waals surface area contributed by atoms with Gasteiger partial charge in [-0.05, 0) is 151 Å². The van der Waals surface area contributed by atoms with Crippen molar-refractivity contribution in [2.45, 2.75) is 335 Å². The molecule has 121 heavy (non-hydrogen) atoms. The molecule has 2 aromatic rings. The van der Waals surface area contributed by atoms with Crippen molar-refractivity contribution in [3.8, 4) is 0 Å². The number of hydrogen-bond acceptors (Lipinski definition) is 28. The van der Waals surface area contributed by atoms with Crippen LogP contribution < -0.4 is 10.6 Å². The molecule has 9 fully saturated rings. The quantitative estimate of drug-likeness (QED) is 0.0414. The lowest BCUT2D eigenvalue weighted by atomic mass is 9.45. The summed E-state index contributed by atoms with van der Waals surface area (Å²) in [5, 5.41) is 66.4. The number of benzene rings is 2. The van der Waals surface area contributed by atoms with Crippen molar-refractivity contribution < 1.29 is 130 Å². The van der Waals surface area contributed by atoms with E-state index in [9.17, 15) is 63.9 Å². The van der Waals surface area contributed by atoms with E-state index in [4.69, 9.17) is 66.3 Å². The zero-order valence-electron chi connectivity index (χ0n) is 74.2. The molecule has 4 saturated carbocycles. The summed E-state index contributed by atoms with van der Waals surface area (Å²) >= 11 is 0. The minimum absolute atomic E-state index is 0.0211. The van der Waals surface area contributed by atoms with Crippen molar-refractivity contribution in [3.05, 3.63) is 107 Å². The normalized spacial score (nSPS) is 36.6. The number of fused-ring (bicyclic) bond motifs is 16. The molecular formula is C91H129N3O27. The van der Waals surface area contributed by atoms with E-state index in [1.165, 1.54) is 19.9 Å². The standard InChI is InChI=1S/C47H68N2O14.C44H61NO13/c1-25-29(58-40(54)33(52)36(42(3,4)5)48-41(55)63-43(6,7)8)21-47(56)38(61-39(53)27-15-13-12-14-16-27)35-45(11,19-17-30-46(35,24-57-30)62-26(2)51)37-34(32(25)44(47,9)10)59-31(60-37)22-49-20-18-28(49)23-50;1-13-28-54-31-29-23(2)26(53-37(49)30(47)33(39(4,5)6)45-38(50)58-40(7,8)9)21-44(51,41(29,10)11)35(56-36(48)25-17-15-14-16-18-25)32-42(12,34(31)55-28)20-19-27-43(32,22-52-27)57-24(3)46/h12-16,28-31,33-38,50,52,56H,17-24H2,1-11H3,(H,48,55);13-18,26-28,30-35,47,51H,1,19-22H2,2-12H3,(H,45,50)/t28-,29-,30+,31+,33+,34+,35-,36+,37+,38-,45+,46-,47+;26-,27+,28+,30+,31+,32-,33+,34+,35-,42+,43-,44+/m00/s1. The van der Waals surface area contributed by atoms with Gasteiger partial charge in [0.2, 0.25) is 0 Å². The summed E-state index contributed by atoms with van der Waals surface area (Å²) in [7, 11) is 0. The third-order valence-corrected chi connectivity index (χ3v) is 28.0. The fraction of sp³-hybridized carbons (Fsp3) is 0.714. The molecule has 2 amide bonds. The lowest BCUT2D eigenvalue weighted by molar-refractivity contribution is -0.345. The molecule has 2 aromatic carbocycles. The first-order valence-electron chi connectivity index (χ1n) is 42.4. The number of nitrogens with zero attached hydrogens (tertiary/aromatic N) is 1. The number of nitrogens with one attached hydrogen (secondary N) is 2. The summed E-state index contributed by atoms with van der Waals surface area (Å²) in [6.07, 6.45) is -13.1. The van der Waals surface area contributed by atoms with Crippen LogP contribution in [0.4, 0.5) is 9.59 Å². The highest BCUT2D eigenvalue weighted by molar-refractivity contribution is 5.90. The first kappa shape index (κ1) is 92.7. The van der Waals surface area contributed by atoms with Gasteiger partial charge in [-0.2, -0.15) is 0 Å². The van der Waals surface area contributed by atoms with Crippen molar-refractivity contribution >= 4 is 48.0 Å². The maximum absolute atomic E-state index is 14.5. The SMILES string of the molecule is C=C[C@@H]1O[C@@H]2C3=C(C)[C@@H](OC(=O)[C@H](O)[C@@H](NC(=O)OC(C)(C)C)C(C)(C)C)C[C@@](O)([C@@H](OC(=O)c4ccccc4)[C@H]4[C@@](C)(CC[C@H]5OC[C@]54OC(C)=O)[C@@H]2O1)C3(C)C.CC(=O)O[C@@]12CO[C@@H]1CC[C@@]1(C)[C@@H]3O[C@H](CN4CC[C@H]4CO)O[C@@H]3C3=C(C)[C@@H](OC(=O)[C@H](O)[C@@H](NC(=O)OC(C)(C)C)C(C)(C)C)C[C@@](O)([C@@H](OC(=O)c4ccccc4)[C@@H]12)C3(C)C. The summed E-state index contributed by atoms with van der Waals surface area (Å²) in [5.74, 6) is -6.61. The average molecular weight is 1700 g/mol. The summed E-state index contributed by atoms with van der Waals surface area (Å²) in [6.45, 7) is 43.2. The van der Waals surface area contributed by atoms with Gasteiger partial charge in [0.1, 0.15) is 71.2 Å². The third-order valence-electron chi connectivity index (χ3n) is 28.0. The summed E-state index contributed by atoms with van der Waals surface area (Å²) < 4.78 is 88.9. The van der Waals surface area contributed by atoms with Crippen LogP contribution in [0.15, 0.2) is 95.6 Å². The Hall–Kier alpha value is -7.46. The zero-order valence-corrected chi connectivity index (χ0v) is 74.2. The van der Waals surface area contributed by atoms with Crippen molar-refractivity contribution in [2.24, 2.45) is 44.3 Å². The van der Waals surface area contributed by atoms with Crippen LogP contribution in [0.1, 0.15) is 218 Å². The Morgan fingerprint density at radius 1 is 0.562 bits per heavy atom. The maximum atomic E-state index is 14.5. The van der Waals surface area contributed by atoms with Crippen LogP contribution in [0.2, 0.25) is 0 Å². The highest BCUT2D eigenvalue weighted by Gasteiger charge is 2.80. The predicted octanol–water partition coefficient (Wildman–Crippen LogP) is 9.54. The van der Waals surface area contributed by atoms with E-state index < -0.39 is 224 Å². The van der Waals surface area contributed by atoms with Gasteiger partial charge in [0.15, 0.2) is 36.0 Å². The molecule has 670 valence electrons. The molecule has 13 rings (SSSR count). The fourth-order valence-corrected chi connectivity index (χ4v) is 21.8. The number of esters is 6. The van der Waals surface area contributed by atoms with Gasteiger partial charge >= 0.3 is 48.0 Å². The van der Waals surface area contributed by atoms with E-state index in [1.807, 2.05) is 41.5 Å². The number of carbonyl (C=O) groups is 8. The molecule has 0 radical (unpaired) electrons. The Labute approximate surface area is 709 Å². The van der Waals surface area contributed by atoms with E-state index in [0.29, 0.717) is 54.5 Å². The van der Waals surface area contributed by atoms with Crippen LogP contribution in [-0.2, 0) is 85.5 Å². The van der Waals surface area contributed by atoms with Crippen LogP contribution in [0, 0.1) is 44.3 Å². The molecular weight excluding hydrogens is 1570 g/mol. The molecule has 0 unspecified atom stereocenters. The molecule has 5 heterocycles. The van der Waals surface area contributed by atoms with Gasteiger partial charge in [0.25, 0.3) is 0 Å². The second-order valence-electron chi connectivity index (χ2n) is 40.9. The van der Waals surface area contributed by atoms with E-state index in [-0.39, 0.29) is 49.8 Å². The molecule has 5 saturated heterocycles. The maximum Gasteiger partial charge on any atom is 0.407 e. The molecule has 25 atom stereocenters. The number of likely N-dealkylation sites (tertiary alicyclic amines) is 1. The van der Waals surface area contributed by atoms with Crippen molar-refractivity contribution in [2.75, 3.05) is 32.9 Å². The molecule has 30 heteroatoms. The lowest BCUT2D eigenvalue weighted by Gasteiger charge is -2.68. The van der Waals surface area contributed by atoms with Crippen LogP contribution in [0.5, 0.6) is 0 Å². The summed E-state index contributed by atoms with van der Waals surface area (Å²) in [5.41, 5.74) is -12.1. The van der Waals surface area contributed by atoms with Crippen LogP contribution >= 0.6 is 0 Å². The van der Waals surface area contributed by atoms with Crippen molar-refractivity contribution in [3.63, 3.8) is 0 Å². The summed E-state index contributed by atoms with van der Waals surface area (Å²) in [6, 6.07) is 14.4. The topological polar surface area (TPSA) is 394 Å². The van der Waals surface area contributed by atoms with Gasteiger partial charge in [0, 0.05) is 67.5 Å². The Morgan fingerprint density at radius 2 is 0.950 bits per heavy atom. The van der Waals surface area contributed by atoms with Crippen LogP contribution in [0.3, 0.4) is 0 Å². The Morgan fingerprint density at radius 3 is 1.28 bits per heavy atom. The van der Waals surface area contributed by atoms with Gasteiger partial charge in [-0.15, -0.1) is 0 Å². The van der Waals surface area contributed by atoms with Gasteiger partial charge in [0.05, 0.1) is 67.1 Å². The van der Waals surface area contributed by atoms with Gasteiger partial charge in [-0.3, -0.25) is 14.5 Å². The molecule has 6 aliphatic carbocycles. The second-order valence-corrected chi connectivity index (χ2v) is 40.9. The van der Waals surface area contributed by atoms with E-state index in [0.717, 1.165) is 13.0 Å². The van der Waals surface area contributed by atoms with Gasteiger partial charge in [-0.1, -0.05) is 126 Å². The number of aliphatic hydroxyl groups excluding tert-OH is 3. The number of rotatable bonds is 18. The van der Waals surface area contributed by atoms with Crippen molar-refractivity contribution in [1.29, 1.82) is 0 Å². The van der Waals surface area contributed by atoms with Crippen molar-refractivity contribution in [1.82, 2.24) is 15.5 Å². The number of ether oxygens (including phenoxy) is 14.